The molecular formula is C28H26N4O5. The van der Waals surface area contributed by atoms with E-state index in [4.69, 9.17) is 20.2 Å². The number of rotatable bonds is 9. The molecule has 0 aliphatic rings. The van der Waals surface area contributed by atoms with Crippen molar-refractivity contribution in [3.63, 3.8) is 0 Å². The van der Waals surface area contributed by atoms with Crippen LogP contribution in [0, 0.1) is 0 Å². The number of hydrogen-bond acceptors (Lipinski definition) is 6. The molecule has 188 valence electrons. The average Bonchev–Trinajstić information content (AvgIpc) is 2.93. The number of para-hydroxylation sites is 1. The molecule has 4 aromatic rings. The van der Waals surface area contributed by atoms with Gasteiger partial charge < -0.3 is 25.8 Å². The number of benzene rings is 3. The Bertz CT molecular complexity index is 1470. The molecule has 4 N–H and O–H groups in total. The minimum absolute atomic E-state index is 0.234. The lowest BCUT2D eigenvalue weighted by molar-refractivity contribution is -0.117. The predicted octanol–water partition coefficient (Wildman–Crippen LogP) is 3.06. The number of nitrogens with zero attached hydrogens (tertiary/aromatic N) is 1. The first-order valence-corrected chi connectivity index (χ1v) is 11.5. The molecule has 0 bridgehead atoms. The summed E-state index contributed by atoms with van der Waals surface area (Å²) in [7, 11) is 3.13. The van der Waals surface area contributed by atoms with Crippen LogP contribution in [0.5, 0.6) is 11.5 Å². The summed E-state index contributed by atoms with van der Waals surface area (Å²) in [5.74, 6) is -0.122. The number of hydrogen-bond donors (Lipinski definition) is 3. The number of nitrogens with one attached hydrogen (secondary N) is 2. The number of nitrogens with two attached hydrogens (primary N) is 1. The maximum absolute atomic E-state index is 13.3. The third kappa shape index (κ3) is 5.84. The number of methoxy groups -OCH3 is 2. The van der Waals surface area contributed by atoms with Crippen molar-refractivity contribution in [1.29, 1.82) is 0 Å². The Kier molecular flexibility index (Phi) is 7.63. The Hall–Kier alpha value is -4.92. The van der Waals surface area contributed by atoms with Gasteiger partial charge in [0.1, 0.15) is 0 Å². The highest BCUT2D eigenvalue weighted by Crippen LogP contribution is 2.33. The van der Waals surface area contributed by atoms with E-state index >= 15 is 0 Å². The summed E-state index contributed by atoms with van der Waals surface area (Å²) in [6.45, 7) is 0.0200. The third-order valence-electron chi connectivity index (χ3n) is 5.73. The van der Waals surface area contributed by atoms with Crippen LogP contribution in [0.3, 0.4) is 0 Å². The molecule has 0 saturated heterocycles. The monoisotopic (exact) mass is 498 g/mol. The van der Waals surface area contributed by atoms with Crippen molar-refractivity contribution in [1.82, 2.24) is 15.6 Å². The molecule has 0 fully saturated rings. The molecule has 37 heavy (non-hydrogen) atoms. The molecule has 3 aromatic carbocycles. The number of fused-ring (bicyclic) bond motifs is 1. The Labute approximate surface area is 213 Å². The molecule has 3 amide bonds. The van der Waals surface area contributed by atoms with Gasteiger partial charge in [0.25, 0.3) is 11.8 Å². The highest BCUT2D eigenvalue weighted by atomic mass is 16.5. The fourth-order valence-corrected chi connectivity index (χ4v) is 3.83. The molecule has 0 aliphatic heterocycles. The molecule has 1 aromatic heterocycles. The van der Waals surface area contributed by atoms with Crippen molar-refractivity contribution in [2.75, 3.05) is 20.8 Å². The summed E-state index contributed by atoms with van der Waals surface area (Å²) in [5, 5.41) is 6.10. The number of ether oxygens (including phenoxy) is 2. The van der Waals surface area contributed by atoms with Gasteiger partial charge in [0.05, 0.1) is 37.5 Å². The fraction of sp³-hybridized carbons (Fsp3) is 0.143. The average molecular weight is 499 g/mol. The smallest absolute Gasteiger partial charge is 0.252 e. The molecule has 0 aliphatic carbocycles. The van der Waals surface area contributed by atoms with E-state index in [0.29, 0.717) is 33.8 Å². The summed E-state index contributed by atoms with van der Waals surface area (Å²) in [5.41, 5.74) is 8.81. The zero-order valence-electron chi connectivity index (χ0n) is 20.4. The molecule has 0 radical (unpaired) electrons. The zero-order chi connectivity index (χ0) is 26.4. The van der Waals surface area contributed by atoms with E-state index in [1.165, 1.54) is 0 Å². The summed E-state index contributed by atoms with van der Waals surface area (Å²) < 4.78 is 10.7. The molecule has 0 atom stereocenters. The van der Waals surface area contributed by atoms with Gasteiger partial charge >= 0.3 is 0 Å². The summed E-state index contributed by atoms with van der Waals surface area (Å²) in [6, 6.07) is 21.4. The van der Waals surface area contributed by atoms with Gasteiger partial charge in [-0.1, -0.05) is 30.3 Å². The van der Waals surface area contributed by atoms with Crippen LogP contribution in [0.15, 0.2) is 72.8 Å². The first-order valence-electron chi connectivity index (χ1n) is 11.5. The highest BCUT2D eigenvalue weighted by Gasteiger charge is 2.15. The molecule has 9 nitrogen and oxygen atoms in total. The van der Waals surface area contributed by atoms with E-state index in [0.717, 1.165) is 16.5 Å². The number of carbonyl (C=O) groups is 3. The SMILES string of the molecule is COc1ccc(-c2cc(C(=O)NCc3ccc(C(=O)NCC(N)=O)cc3)c3ccccc3n2)cc1OC. The van der Waals surface area contributed by atoms with Gasteiger partial charge in [0, 0.05) is 23.1 Å². The molecule has 0 saturated carbocycles. The Morgan fingerprint density at radius 3 is 2.27 bits per heavy atom. The number of pyridine rings is 1. The maximum Gasteiger partial charge on any atom is 0.252 e. The predicted molar refractivity (Wildman–Crippen MR) is 139 cm³/mol. The topological polar surface area (TPSA) is 133 Å². The van der Waals surface area contributed by atoms with Gasteiger partial charge in [-0.15, -0.1) is 0 Å². The highest BCUT2D eigenvalue weighted by molar-refractivity contribution is 6.07. The Balaban J connectivity index is 1.56. The molecule has 4 rings (SSSR count). The van der Waals surface area contributed by atoms with Crippen LogP contribution < -0.4 is 25.8 Å². The van der Waals surface area contributed by atoms with E-state index in [9.17, 15) is 14.4 Å². The third-order valence-corrected chi connectivity index (χ3v) is 5.73. The van der Waals surface area contributed by atoms with E-state index in [1.807, 2.05) is 36.4 Å². The van der Waals surface area contributed by atoms with Gasteiger partial charge in [0.2, 0.25) is 5.91 Å². The normalized spacial score (nSPS) is 10.5. The Morgan fingerprint density at radius 1 is 0.838 bits per heavy atom. The summed E-state index contributed by atoms with van der Waals surface area (Å²) in [4.78, 5) is 40.9. The zero-order valence-corrected chi connectivity index (χ0v) is 20.4. The standard InChI is InChI=1S/C28H26N4O5/c1-36-24-12-11-19(13-25(24)37-2)23-14-21(20-5-3-4-6-22(20)32-23)28(35)30-15-17-7-9-18(10-8-17)27(34)31-16-26(29)33/h3-14H,15-16H2,1-2H3,(H2,29,33)(H,30,35)(H,31,34). The Morgan fingerprint density at radius 2 is 1.57 bits per heavy atom. The van der Waals surface area contributed by atoms with Crippen LogP contribution in [0.2, 0.25) is 0 Å². The lowest BCUT2D eigenvalue weighted by Gasteiger charge is -2.13. The van der Waals surface area contributed by atoms with E-state index < -0.39 is 11.8 Å². The fourth-order valence-electron chi connectivity index (χ4n) is 3.83. The van der Waals surface area contributed by atoms with Gasteiger partial charge in [-0.2, -0.15) is 0 Å². The van der Waals surface area contributed by atoms with Crippen LogP contribution in [0.25, 0.3) is 22.2 Å². The van der Waals surface area contributed by atoms with Crippen LogP contribution in [0.4, 0.5) is 0 Å². The summed E-state index contributed by atoms with van der Waals surface area (Å²) in [6.07, 6.45) is 0. The number of primary amides is 1. The van der Waals surface area contributed by atoms with Crippen molar-refractivity contribution in [3.05, 3.63) is 89.5 Å². The second-order valence-corrected chi connectivity index (χ2v) is 8.17. The number of amides is 3. The largest absolute Gasteiger partial charge is 0.493 e. The molecule has 9 heteroatoms. The minimum Gasteiger partial charge on any atom is -0.493 e. The van der Waals surface area contributed by atoms with Crippen molar-refractivity contribution < 1.29 is 23.9 Å². The van der Waals surface area contributed by atoms with Crippen LogP contribution in [0.1, 0.15) is 26.3 Å². The van der Waals surface area contributed by atoms with E-state index in [1.54, 1.807) is 50.6 Å². The van der Waals surface area contributed by atoms with Crippen molar-refractivity contribution in [2.45, 2.75) is 6.54 Å². The quantitative estimate of drug-likeness (QED) is 0.325. The van der Waals surface area contributed by atoms with E-state index in [2.05, 4.69) is 10.6 Å². The van der Waals surface area contributed by atoms with Gasteiger partial charge in [-0.3, -0.25) is 14.4 Å². The van der Waals surface area contributed by atoms with E-state index in [-0.39, 0.29) is 19.0 Å². The first kappa shape index (κ1) is 25.2. The molecule has 1 heterocycles. The van der Waals surface area contributed by atoms with Gasteiger partial charge in [0.15, 0.2) is 11.5 Å². The maximum atomic E-state index is 13.3. The lowest BCUT2D eigenvalue weighted by Crippen LogP contribution is -2.33. The van der Waals surface area contributed by atoms with Crippen LogP contribution >= 0.6 is 0 Å². The lowest BCUT2D eigenvalue weighted by atomic mass is 10.0. The molecule has 0 unspecified atom stereocenters. The minimum atomic E-state index is -0.620. The summed E-state index contributed by atoms with van der Waals surface area (Å²) >= 11 is 0. The van der Waals surface area contributed by atoms with Gasteiger partial charge in [-0.05, 0) is 48.0 Å². The van der Waals surface area contributed by atoms with Crippen LogP contribution in [-0.4, -0.2) is 43.5 Å². The van der Waals surface area contributed by atoms with Crippen molar-refractivity contribution in [2.24, 2.45) is 5.73 Å². The number of aromatic nitrogens is 1. The van der Waals surface area contributed by atoms with Crippen LogP contribution in [-0.2, 0) is 11.3 Å². The van der Waals surface area contributed by atoms with Crippen molar-refractivity contribution >= 4 is 28.6 Å². The molecule has 0 spiro atoms. The number of carbonyl (C=O) groups excluding carboxylic acids is 3. The van der Waals surface area contributed by atoms with Gasteiger partial charge in [-0.25, -0.2) is 4.98 Å². The van der Waals surface area contributed by atoms with Crippen molar-refractivity contribution in [3.8, 4) is 22.8 Å². The first-order chi connectivity index (χ1) is 17.9. The molecular weight excluding hydrogens is 472 g/mol. The second kappa shape index (κ2) is 11.2. The second-order valence-electron chi connectivity index (χ2n) is 8.17.